The Morgan fingerprint density at radius 1 is 1.39 bits per heavy atom. The lowest BCUT2D eigenvalue weighted by molar-refractivity contribution is 0.102. The predicted molar refractivity (Wildman–Crippen MR) is 67.9 cm³/mol. The van der Waals surface area contributed by atoms with Crippen molar-refractivity contribution in [2.24, 2.45) is 0 Å². The second kappa shape index (κ2) is 4.46. The molecule has 2 aromatic rings. The van der Waals surface area contributed by atoms with Gasteiger partial charge in [-0.15, -0.1) is 0 Å². The van der Waals surface area contributed by atoms with Gasteiger partial charge in [-0.3, -0.25) is 10.1 Å². The average molecular weight is 263 g/mol. The molecule has 1 heterocycles. The molecular formula is C13H11ClN2O2. The molecule has 0 saturated heterocycles. The van der Waals surface area contributed by atoms with Gasteiger partial charge in [-0.05, 0) is 37.5 Å². The maximum Gasteiger partial charge on any atom is 0.258 e. The second-order valence-corrected chi connectivity index (χ2v) is 4.69. The average Bonchev–Trinajstić information content (AvgIpc) is 2.94. The number of amides is 1. The third-order valence-corrected chi connectivity index (χ3v) is 3.26. The third kappa shape index (κ3) is 1.99. The number of fused-ring (bicyclic) bond motifs is 1. The smallest absolute Gasteiger partial charge is 0.258 e. The highest BCUT2D eigenvalue weighted by molar-refractivity contribution is 6.31. The number of aryl methyl sites for hydroxylation is 1. The molecule has 0 atom stereocenters. The van der Waals surface area contributed by atoms with E-state index in [4.69, 9.17) is 16.1 Å². The largest absolute Gasteiger partial charge is 0.338 e. The van der Waals surface area contributed by atoms with Crippen LogP contribution < -0.4 is 5.32 Å². The molecule has 1 aliphatic rings. The van der Waals surface area contributed by atoms with Crippen molar-refractivity contribution in [3.8, 4) is 0 Å². The van der Waals surface area contributed by atoms with Crippen LogP contribution in [0.3, 0.4) is 0 Å². The lowest BCUT2D eigenvalue weighted by Gasteiger charge is -2.03. The lowest BCUT2D eigenvalue weighted by atomic mass is 10.2. The maximum atomic E-state index is 12.0. The molecule has 0 unspecified atom stereocenters. The van der Waals surface area contributed by atoms with E-state index < -0.39 is 0 Å². The number of benzene rings is 1. The molecule has 0 fully saturated rings. The molecule has 0 radical (unpaired) electrons. The first-order chi connectivity index (χ1) is 8.74. The zero-order valence-electron chi connectivity index (χ0n) is 9.57. The Bertz CT molecular complexity index is 607. The van der Waals surface area contributed by atoms with Gasteiger partial charge in [0.25, 0.3) is 5.91 Å². The number of nitrogens with zero attached hydrogens (tertiary/aromatic N) is 1. The molecule has 3 rings (SSSR count). The van der Waals surface area contributed by atoms with Crippen molar-refractivity contribution in [3.63, 3.8) is 0 Å². The van der Waals surface area contributed by atoms with E-state index in [1.54, 1.807) is 24.3 Å². The summed E-state index contributed by atoms with van der Waals surface area (Å²) in [5, 5.41) is 7.22. The topological polar surface area (TPSA) is 55.1 Å². The van der Waals surface area contributed by atoms with Gasteiger partial charge in [0, 0.05) is 16.1 Å². The fourth-order valence-corrected chi connectivity index (χ4v) is 2.32. The minimum absolute atomic E-state index is 0.233. The van der Waals surface area contributed by atoms with Gasteiger partial charge >= 0.3 is 0 Å². The first-order valence-corrected chi connectivity index (χ1v) is 6.16. The molecule has 4 nitrogen and oxygen atoms in total. The minimum atomic E-state index is -0.233. The number of hydrogen-bond acceptors (Lipinski definition) is 3. The van der Waals surface area contributed by atoms with E-state index in [9.17, 15) is 4.79 Å². The summed E-state index contributed by atoms with van der Waals surface area (Å²) in [4.78, 5) is 12.0. The first-order valence-electron chi connectivity index (χ1n) is 5.78. The van der Waals surface area contributed by atoms with Gasteiger partial charge in [-0.25, -0.2) is 0 Å². The molecule has 18 heavy (non-hydrogen) atoms. The molecule has 1 N–H and O–H groups in total. The number of hydrogen-bond donors (Lipinski definition) is 1. The second-order valence-electron chi connectivity index (χ2n) is 4.25. The number of nitrogens with one attached hydrogen (secondary N) is 1. The van der Waals surface area contributed by atoms with Gasteiger partial charge in [0.05, 0.1) is 5.69 Å². The van der Waals surface area contributed by atoms with Gasteiger partial charge in [0.2, 0.25) is 5.88 Å². The number of anilines is 1. The van der Waals surface area contributed by atoms with Crippen LogP contribution in [-0.2, 0) is 12.8 Å². The van der Waals surface area contributed by atoms with E-state index in [1.165, 1.54) is 0 Å². The van der Waals surface area contributed by atoms with Crippen molar-refractivity contribution in [2.45, 2.75) is 19.3 Å². The van der Waals surface area contributed by atoms with E-state index in [0.29, 0.717) is 16.5 Å². The van der Waals surface area contributed by atoms with E-state index in [2.05, 4.69) is 10.5 Å². The molecule has 0 spiro atoms. The van der Waals surface area contributed by atoms with Gasteiger partial charge in [-0.1, -0.05) is 22.8 Å². The molecule has 0 aliphatic heterocycles. The summed E-state index contributed by atoms with van der Waals surface area (Å²) >= 11 is 5.85. The van der Waals surface area contributed by atoms with Crippen LogP contribution in [0.5, 0.6) is 0 Å². The van der Waals surface area contributed by atoms with Gasteiger partial charge in [0.1, 0.15) is 0 Å². The number of halogens is 1. The van der Waals surface area contributed by atoms with Crippen molar-refractivity contribution in [1.82, 2.24) is 5.16 Å². The van der Waals surface area contributed by atoms with Crippen molar-refractivity contribution in [3.05, 3.63) is 46.1 Å². The summed E-state index contributed by atoms with van der Waals surface area (Å²) < 4.78 is 5.15. The van der Waals surface area contributed by atoms with E-state index in [1.807, 2.05) is 0 Å². The normalized spacial score (nSPS) is 13.4. The molecule has 92 valence electrons. The third-order valence-electron chi connectivity index (χ3n) is 3.02. The zero-order chi connectivity index (χ0) is 12.5. The molecule has 1 amide bonds. The number of carbonyl (C=O) groups excluding carboxylic acids is 1. The predicted octanol–water partition coefficient (Wildman–Crippen LogP) is 3.07. The Labute approximate surface area is 109 Å². The minimum Gasteiger partial charge on any atom is -0.338 e. The van der Waals surface area contributed by atoms with Crippen LogP contribution in [-0.4, -0.2) is 11.1 Å². The quantitative estimate of drug-likeness (QED) is 0.905. The van der Waals surface area contributed by atoms with Crippen LogP contribution in [0.15, 0.2) is 28.8 Å². The monoisotopic (exact) mass is 262 g/mol. The van der Waals surface area contributed by atoms with Crippen molar-refractivity contribution >= 4 is 23.4 Å². The molecule has 1 aromatic carbocycles. The number of aromatic nitrogens is 1. The standard InChI is InChI=1S/C13H11ClN2O2/c14-9-4-1-3-8(7-9)12(17)15-13-10-5-2-6-11(10)16-18-13/h1,3-4,7H,2,5-6H2,(H,15,17). The van der Waals surface area contributed by atoms with Crippen LogP contribution in [0.1, 0.15) is 28.0 Å². The van der Waals surface area contributed by atoms with Crippen LogP contribution in [0.2, 0.25) is 5.02 Å². The Balaban J connectivity index is 1.82. The Kier molecular flexibility index (Phi) is 2.80. The summed E-state index contributed by atoms with van der Waals surface area (Å²) in [7, 11) is 0. The van der Waals surface area contributed by atoms with Crippen molar-refractivity contribution < 1.29 is 9.32 Å². The summed E-state index contributed by atoms with van der Waals surface area (Å²) in [5.41, 5.74) is 2.48. The Morgan fingerprint density at radius 2 is 2.28 bits per heavy atom. The van der Waals surface area contributed by atoms with Crippen molar-refractivity contribution in [1.29, 1.82) is 0 Å². The van der Waals surface area contributed by atoms with Gasteiger partial charge < -0.3 is 4.52 Å². The molecule has 1 aromatic heterocycles. The van der Waals surface area contributed by atoms with Gasteiger partial charge in [0.15, 0.2) is 0 Å². The van der Waals surface area contributed by atoms with Crippen molar-refractivity contribution in [2.75, 3.05) is 5.32 Å². The number of rotatable bonds is 2. The molecule has 0 bridgehead atoms. The Hall–Kier alpha value is -1.81. The SMILES string of the molecule is O=C(Nc1onc2c1CCC2)c1cccc(Cl)c1. The molecule has 5 heteroatoms. The fourth-order valence-electron chi connectivity index (χ4n) is 2.13. The van der Waals surface area contributed by atoms with Crippen LogP contribution >= 0.6 is 11.6 Å². The van der Waals surface area contributed by atoms with E-state index in [-0.39, 0.29) is 5.91 Å². The fraction of sp³-hybridized carbons (Fsp3) is 0.231. The number of carbonyl (C=O) groups is 1. The lowest BCUT2D eigenvalue weighted by Crippen LogP contribution is -2.12. The zero-order valence-corrected chi connectivity index (χ0v) is 10.3. The highest BCUT2D eigenvalue weighted by Crippen LogP contribution is 2.28. The van der Waals surface area contributed by atoms with E-state index in [0.717, 1.165) is 30.5 Å². The summed E-state index contributed by atoms with van der Waals surface area (Å²) in [6, 6.07) is 6.79. The van der Waals surface area contributed by atoms with Gasteiger partial charge in [-0.2, -0.15) is 0 Å². The molecular weight excluding hydrogens is 252 g/mol. The van der Waals surface area contributed by atoms with Crippen LogP contribution in [0.25, 0.3) is 0 Å². The summed E-state index contributed by atoms with van der Waals surface area (Å²) in [6.07, 6.45) is 2.89. The molecule has 0 saturated carbocycles. The van der Waals surface area contributed by atoms with E-state index >= 15 is 0 Å². The van der Waals surface area contributed by atoms with Crippen LogP contribution in [0, 0.1) is 0 Å². The molecule has 1 aliphatic carbocycles. The van der Waals surface area contributed by atoms with Crippen LogP contribution in [0.4, 0.5) is 5.88 Å². The first kappa shape index (κ1) is 11.3. The summed E-state index contributed by atoms with van der Waals surface area (Å²) in [6.45, 7) is 0. The summed E-state index contributed by atoms with van der Waals surface area (Å²) in [5.74, 6) is 0.232. The highest BCUT2D eigenvalue weighted by Gasteiger charge is 2.22. The highest BCUT2D eigenvalue weighted by atomic mass is 35.5. The Morgan fingerprint density at radius 3 is 3.11 bits per heavy atom. The maximum absolute atomic E-state index is 12.0.